The highest BCUT2D eigenvalue weighted by molar-refractivity contribution is 5.18. The molecule has 2 N–H and O–H groups in total. The smallest absolute Gasteiger partial charge is 0.155 e. The van der Waals surface area contributed by atoms with E-state index in [-0.39, 0.29) is 6.61 Å². The summed E-state index contributed by atoms with van der Waals surface area (Å²) in [4.78, 5) is 0. The Morgan fingerprint density at radius 1 is 1.50 bits per heavy atom. The third-order valence-corrected chi connectivity index (χ3v) is 1.83. The van der Waals surface area contributed by atoms with Crippen molar-refractivity contribution in [2.75, 3.05) is 20.0 Å². The largest absolute Gasteiger partial charge is 0.487 e. The number of rotatable bonds is 5. The number of aliphatic hydroxyl groups is 1. The topological polar surface area (TPSA) is 41.5 Å². The number of ether oxygens (including phenoxy) is 1. The minimum absolute atomic E-state index is 0.179. The summed E-state index contributed by atoms with van der Waals surface area (Å²) in [6.07, 6.45) is 3.78. The minimum atomic E-state index is -1.08. The van der Waals surface area contributed by atoms with Crippen LogP contribution in [0, 0.1) is 0 Å². The molecule has 3 nitrogen and oxygen atoms in total. The van der Waals surface area contributed by atoms with Crippen molar-refractivity contribution < 1.29 is 18.6 Å². The molecule has 5 heteroatoms. The van der Waals surface area contributed by atoms with E-state index in [1.54, 1.807) is 18.4 Å². The number of aliphatic hydroxyl groups excluding tert-OH is 1. The molecular weight excluding hydrogens is 192 g/mol. The van der Waals surface area contributed by atoms with Crippen molar-refractivity contribution in [3.8, 4) is 0 Å². The molecule has 1 heterocycles. The third kappa shape index (κ3) is 2.70. The molecule has 1 unspecified atom stereocenters. The van der Waals surface area contributed by atoms with E-state index in [0.717, 1.165) is 0 Å². The number of alkyl halides is 2. The summed E-state index contributed by atoms with van der Waals surface area (Å²) >= 11 is 0. The zero-order valence-electron chi connectivity index (χ0n) is 7.62. The van der Waals surface area contributed by atoms with Crippen molar-refractivity contribution in [2.45, 2.75) is 12.1 Å². The van der Waals surface area contributed by atoms with Gasteiger partial charge in [0, 0.05) is 0 Å². The molecule has 0 spiro atoms. The van der Waals surface area contributed by atoms with Crippen LogP contribution in [0.1, 0.15) is 0 Å². The van der Waals surface area contributed by atoms with Crippen molar-refractivity contribution in [3.05, 3.63) is 24.1 Å². The molecule has 0 saturated heterocycles. The molecule has 0 aromatic heterocycles. The molecule has 80 valence electrons. The van der Waals surface area contributed by atoms with E-state index in [1.807, 2.05) is 0 Å². The van der Waals surface area contributed by atoms with E-state index in [2.05, 4.69) is 5.32 Å². The summed E-state index contributed by atoms with van der Waals surface area (Å²) < 4.78 is 29.3. The second-order valence-electron chi connectivity index (χ2n) is 2.88. The van der Waals surface area contributed by atoms with E-state index in [0.29, 0.717) is 5.76 Å². The lowest BCUT2D eigenvalue weighted by Gasteiger charge is -2.24. The molecule has 0 amide bonds. The molecule has 1 aliphatic rings. The van der Waals surface area contributed by atoms with Gasteiger partial charge in [0.1, 0.15) is 25.2 Å². The van der Waals surface area contributed by atoms with Gasteiger partial charge in [0.2, 0.25) is 0 Å². The van der Waals surface area contributed by atoms with Crippen molar-refractivity contribution in [2.24, 2.45) is 0 Å². The monoisotopic (exact) mass is 205 g/mol. The van der Waals surface area contributed by atoms with E-state index in [4.69, 9.17) is 9.84 Å². The number of allylic oxidation sites excluding steroid dienone is 2. The third-order valence-electron chi connectivity index (χ3n) is 1.83. The second kappa shape index (κ2) is 5.59. The van der Waals surface area contributed by atoms with Crippen LogP contribution in [-0.4, -0.2) is 37.2 Å². The molecule has 0 saturated carbocycles. The number of halogens is 2. The molecule has 1 aliphatic heterocycles. The Morgan fingerprint density at radius 2 is 2.21 bits per heavy atom. The average molecular weight is 205 g/mol. The number of nitrogens with one attached hydrogen (secondary N) is 1. The van der Waals surface area contributed by atoms with E-state index in [1.165, 1.54) is 0 Å². The van der Waals surface area contributed by atoms with Crippen LogP contribution in [0.15, 0.2) is 24.1 Å². The number of dihydropyridines is 1. The summed E-state index contributed by atoms with van der Waals surface area (Å²) in [7, 11) is 0. The lowest BCUT2D eigenvalue weighted by atomic mass is 10.2. The van der Waals surface area contributed by atoms with Gasteiger partial charge in [-0.25, -0.2) is 8.78 Å². The van der Waals surface area contributed by atoms with Crippen molar-refractivity contribution in [1.82, 2.24) is 5.32 Å². The summed E-state index contributed by atoms with van der Waals surface area (Å²) in [6, 6.07) is -0.416. The zero-order chi connectivity index (χ0) is 10.4. The SMILES string of the molecule is OCC1NC=CC=C1OC(CF)CF. The van der Waals surface area contributed by atoms with Crippen LogP contribution in [-0.2, 0) is 4.74 Å². The first kappa shape index (κ1) is 11.0. The van der Waals surface area contributed by atoms with Gasteiger partial charge >= 0.3 is 0 Å². The first-order valence-electron chi connectivity index (χ1n) is 4.34. The molecular formula is C9H13F2NO2. The molecule has 0 aliphatic carbocycles. The van der Waals surface area contributed by atoms with Gasteiger partial charge in [0.25, 0.3) is 0 Å². The van der Waals surface area contributed by atoms with Gasteiger partial charge in [-0.05, 0) is 18.4 Å². The fourth-order valence-corrected chi connectivity index (χ4v) is 1.07. The number of hydrogen-bond acceptors (Lipinski definition) is 3. The molecule has 1 atom stereocenters. The van der Waals surface area contributed by atoms with Gasteiger partial charge in [-0.1, -0.05) is 0 Å². The highest BCUT2D eigenvalue weighted by Gasteiger charge is 2.19. The van der Waals surface area contributed by atoms with Crippen LogP contribution in [0.4, 0.5) is 8.78 Å². The molecule has 0 aromatic carbocycles. The number of hydrogen-bond donors (Lipinski definition) is 2. The van der Waals surface area contributed by atoms with E-state index in [9.17, 15) is 8.78 Å². The predicted octanol–water partition coefficient (Wildman–Crippen LogP) is 0.672. The highest BCUT2D eigenvalue weighted by Crippen LogP contribution is 2.12. The first-order chi connectivity index (χ1) is 6.81. The molecule has 0 aromatic rings. The predicted molar refractivity (Wildman–Crippen MR) is 48.1 cm³/mol. The summed E-state index contributed by atoms with van der Waals surface area (Å²) in [6.45, 7) is -1.94. The van der Waals surface area contributed by atoms with Crippen LogP contribution in [0.5, 0.6) is 0 Å². The molecule has 0 bridgehead atoms. The maximum Gasteiger partial charge on any atom is 0.155 e. The molecule has 0 fully saturated rings. The summed E-state index contributed by atoms with van der Waals surface area (Å²) in [5, 5.41) is 11.7. The fourth-order valence-electron chi connectivity index (χ4n) is 1.07. The maximum absolute atomic E-state index is 12.2. The van der Waals surface area contributed by atoms with Gasteiger partial charge < -0.3 is 15.2 Å². The normalized spacial score (nSPS) is 20.6. The van der Waals surface area contributed by atoms with Gasteiger partial charge in [-0.15, -0.1) is 0 Å². The summed E-state index contributed by atoms with van der Waals surface area (Å²) in [5.41, 5.74) is 0. The Labute approximate surface area is 81.1 Å². The Morgan fingerprint density at radius 3 is 2.79 bits per heavy atom. The van der Waals surface area contributed by atoms with Crippen LogP contribution < -0.4 is 5.32 Å². The molecule has 14 heavy (non-hydrogen) atoms. The Bertz CT molecular complexity index is 227. The lowest BCUT2D eigenvalue weighted by Crippen LogP contribution is -2.35. The van der Waals surface area contributed by atoms with E-state index < -0.39 is 25.5 Å². The Kier molecular flexibility index (Phi) is 4.39. The summed E-state index contributed by atoms with van der Waals surface area (Å²) in [5.74, 6) is 0.357. The Balaban J connectivity index is 2.55. The van der Waals surface area contributed by atoms with Crippen LogP contribution >= 0.6 is 0 Å². The van der Waals surface area contributed by atoms with Crippen molar-refractivity contribution in [1.29, 1.82) is 0 Å². The maximum atomic E-state index is 12.2. The van der Waals surface area contributed by atoms with Crippen LogP contribution in [0.3, 0.4) is 0 Å². The minimum Gasteiger partial charge on any atom is -0.487 e. The van der Waals surface area contributed by atoms with Gasteiger partial charge in [0.05, 0.1) is 6.61 Å². The van der Waals surface area contributed by atoms with Crippen LogP contribution in [0.25, 0.3) is 0 Å². The molecule has 1 rings (SSSR count). The van der Waals surface area contributed by atoms with Gasteiger partial charge in [-0.2, -0.15) is 0 Å². The van der Waals surface area contributed by atoms with Gasteiger partial charge in [0.15, 0.2) is 6.10 Å². The van der Waals surface area contributed by atoms with Gasteiger partial charge in [-0.3, -0.25) is 0 Å². The first-order valence-corrected chi connectivity index (χ1v) is 4.34. The molecule has 0 radical (unpaired) electrons. The lowest BCUT2D eigenvalue weighted by molar-refractivity contribution is 0.0513. The quantitative estimate of drug-likeness (QED) is 0.693. The second-order valence-corrected chi connectivity index (χ2v) is 2.88. The average Bonchev–Trinajstić information content (AvgIpc) is 2.26. The van der Waals surface area contributed by atoms with E-state index >= 15 is 0 Å². The Hall–Kier alpha value is -1.10. The van der Waals surface area contributed by atoms with Crippen molar-refractivity contribution >= 4 is 0 Å². The van der Waals surface area contributed by atoms with Crippen molar-refractivity contribution in [3.63, 3.8) is 0 Å². The van der Waals surface area contributed by atoms with Crippen LogP contribution in [0.2, 0.25) is 0 Å². The fraction of sp³-hybridized carbons (Fsp3) is 0.556. The highest BCUT2D eigenvalue weighted by atomic mass is 19.1. The standard InChI is InChI=1S/C9H13F2NO2/c10-4-7(5-11)14-9-2-1-3-12-8(9)6-13/h1-3,7-8,12-13H,4-6H2. The zero-order valence-corrected chi connectivity index (χ0v) is 7.62.